The molecule has 0 saturated carbocycles. The Bertz CT molecular complexity index is 957. The molecule has 0 aliphatic carbocycles. The van der Waals surface area contributed by atoms with Gasteiger partial charge in [-0.15, -0.1) is 0 Å². The summed E-state index contributed by atoms with van der Waals surface area (Å²) in [5.74, 6) is 1.80. The second-order valence-corrected chi connectivity index (χ2v) is 7.19. The summed E-state index contributed by atoms with van der Waals surface area (Å²) in [4.78, 5) is 23.4. The third kappa shape index (κ3) is 4.62. The molecule has 1 amide bonds. The molecule has 29 heavy (non-hydrogen) atoms. The molecular weight excluding hydrogens is 368 g/mol. The zero-order valence-electron chi connectivity index (χ0n) is 16.5. The van der Waals surface area contributed by atoms with Crippen molar-refractivity contribution in [1.29, 1.82) is 0 Å². The molecule has 3 heterocycles. The van der Waals surface area contributed by atoms with Crippen LogP contribution in [0.15, 0.2) is 53.2 Å². The van der Waals surface area contributed by atoms with Gasteiger partial charge in [-0.3, -0.25) is 9.78 Å². The van der Waals surface area contributed by atoms with Crippen LogP contribution in [0.4, 0.5) is 0 Å². The molecule has 1 aromatic carbocycles. The monoisotopic (exact) mass is 392 g/mol. The maximum Gasteiger partial charge on any atom is 0.273 e. The first-order valence-electron chi connectivity index (χ1n) is 9.94. The summed E-state index contributed by atoms with van der Waals surface area (Å²) < 4.78 is 11.3. The van der Waals surface area contributed by atoms with Gasteiger partial charge in [0.05, 0.1) is 6.61 Å². The second kappa shape index (κ2) is 8.86. The van der Waals surface area contributed by atoms with Crippen LogP contribution < -0.4 is 4.74 Å². The van der Waals surface area contributed by atoms with E-state index in [1.165, 1.54) is 0 Å². The number of ether oxygens (including phenoxy) is 1. The van der Waals surface area contributed by atoms with E-state index in [0.717, 1.165) is 30.6 Å². The van der Waals surface area contributed by atoms with E-state index in [2.05, 4.69) is 15.1 Å². The van der Waals surface area contributed by atoms with Crippen LogP contribution in [-0.4, -0.2) is 39.1 Å². The van der Waals surface area contributed by atoms with Gasteiger partial charge in [-0.1, -0.05) is 23.4 Å². The van der Waals surface area contributed by atoms with Crippen LogP contribution in [0.2, 0.25) is 0 Å². The first-order valence-corrected chi connectivity index (χ1v) is 9.94. The highest BCUT2D eigenvalue weighted by Crippen LogP contribution is 2.31. The Balaban J connectivity index is 1.41. The van der Waals surface area contributed by atoms with Crippen LogP contribution in [0.5, 0.6) is 5.75 Å². The Kier molecular flexibility index (Phi) is 5.84. The summed E-state index contributed by atoms with van der Waals surface area (Å²) in [6, 6.07) is 13.1. The van der Waals surface area contributed by atoms with Crippen molar-refractivity contribution in [3.8, 4) is 5.75 Å². The molecule has 1 aliphatic heterocycles. The molecule has 0 bridgehead atoms. The number of amides is 1. The van der Waals surface area contributed by atoms with Gasteiger partial charge in [0.25, 0.3) is 5.91 Å². The highest BCUT2D eigenvalue weighted by molar-refractivity contribution is 5.92. The maximum absolute atomic E-state index is 12.9. The molecule has 4 rings (SSSR count). The quantitative estimate of drug-likeness (QED) is 0.635. The van der Waals surface area contributed by atoms with E-state index in [1.807, 2.05) is 37.3 Å². The van der Waals surface area contributed by atoms with Crippen LogP contribution in [0.3, 0.4) is 0 Å². The standard InChI is InChI=1S/C22H24N4O3/c1-16-7-6-8-17(15-16)28-14-11-20-24-21(29-25-20)19-10-3-5-13-26(19)22(27)18-9-2-4-12-23-18/h2,4,6-9,12,15,19H,3,5,10-11,13-14H2,1H3. The average molecular weight is 392 g/mol. The van der Waals surface area contributed by atoms with Crippen molar-refractivity contribution in [2.75, 3.05) is 13.2 Å². The Morgan fingerprint density at radius 2 is 2.17 bits per heavy atom. The van der Waals surface area contributed by atoms with E-state index in [9.17, 15) is 4.79 Å². The molecular formula is C22H24N4O3. The van der Waals surface area contributed by atoms with Gasteiger partial charge in [-0.25, -0.2) is 0 Å². The normalized spacial score (nSPS) is 16.6. The number of likely N-dealkylation sites (tertiary alicyclic amines) is 1. The minimum Gasteiger partial charge on any atom is -0.493 e. The lowest BCUT2D eigenvalue weighted by molar-refractivity contribution is 0.0555. The van der Waals surface area contributed by atoms with Gasteiger partial charge in [-0.2, -0.15) is 4.98 Å². The SMILES string of the molecule is Cc1cccc(OCCc2noc(C3CCCCN3C(=O)c3ccccn3)n2)c1. The Morgan fingerprint density at radius 3 is 3.00 bits per heavy atom. The molecule has 7 heteroatoms. The van der Waals surface area contributed by atoms with Gasteiger partial charge >= 0.3 is 0 Å². The number of nitrogens with zero attached hydrogens (tertiary/aromatic N) is 4. The molecule has 3 aromatic rings. The zero-order chi connectivity index (χ0) is 20.1. The molecule has 150 valence electrons. The number of hydrogen-bond acceptors (Lipinski definition) is 6. The molecule has 2 aromatic heterocycles. The molecule has 7 nitrogen and oxygen atoms in total. The molecule has 0 N–H and O–H groups in total. The van der Waals surface area contributed by atoms with Gasteiger partial charge in [0.1, 0.15) is 17.5 Å². The molecule has 1 aliphatic rings. The summed E-state index contributed by atoms with van der Waals surface area (Å²) in [5.41, 5.74) is 1.59. The van der Waals surface area contributed by atoms with Crippen LogP contribution in [0.25, 0.3) is 0 Å². The third-order valence-corrected chi connectivity index (χ3v) is 5.00. The third-order valence-electron chi connectivity index (χ3n) is 5.00. The average Bonchev–Trinajstić information content (AvgIpc) is 3.23. The number of pyridine rings is 1. The van der Waals surface area contributed by atoms with Crippen molar-refractivity contribution in [2.24, 2.45) is 0 Å². The van der Waals surface area contributed by atoms with Crippen LogP contribution in [0.1, 0.15) is 53.1 Å². The Hall–Kier alpha value is -3.22. The number of piperidine rings is 1. The lowest BCUT2D eigenvalue weighted by atomic mass is 10.0. The summed E-state index contributed by atoms with van der Waals surface area (Å²) in [6.07, 6.45) is 4.95. The van der Waals surface area contributed by atoms with Crippen molar-refractivity contribution in [1.82, 2.24) is 20.0 Å². The lowest BCUT2D eigenvalue weighted by Gasteiger charge is -2.33. The topological polar surface area (TPSA) is 81.4 Å². The number of rotatable bonds is 6. The Labute approximate surface area is 169 Å². The van der Waals surface area contributed by atoms with E-state index in [4.69, 9.17) is 9.26 Å². The largest absolute Gasteiger partial charge is 0.493 e. The molecule has 0 spiro atoms. The van der Waals surface area contributed by atoms with Crippen molar-refractivity contribution >= 4 is 5.91 Å². The number of carbonyl (C=O) groups is 1. The minimum absolute atomic E-state index is 0.0992. The number of carbonyl (C=O) groups excluding carboxylic acids is 1. The van der Waals surface area contributed by atoms with E-state index in [0.29, 0.717) is 37.0 Å². The summed E-state index contributed by atoms with van der Waals surface area (Å²) >= 11 is 0. The van der Waals surface area contributed by atoms with E-state index < -0.39 is 0 Å². The highest BCUT2D eigenvalue weighted by Gasteiger charge is 2.33. The van der Waals surface area contributed by atoms with Crippen LogP contribution in [-0.2, 0) is 6.42 Å². The van der Waals surface area contributed by atoms with E-state index in [-0.39, 0.29) is 11.9 Å². The van der Waals surface area contributed by atoms with Gasteiger partial charge in [0.15, 0.2) is 5.82 Å². The molecule has 1 unspecified atom stereocenters. The zero-order valence-corrected chi connectivity index (χ0v) is 16.5. The highest BCUT2D eigenvalue weighted by atomic mass is 16.5. The predicted octanol–water partition coefficient (Wildman–Crippen LogP) is 3.76. The molecule has 0 radical (unpaired) electrons. The fourth-order valence-corrected chi connectivity index (χ4v) is 3.54. The number of aryl methyl sites for hydroxylation is 1. The number of hydrogen-bond donors (Lipinski definition) is 0. The lowest BCUT2D eigenvalue weighted by Crippen LogP contribution is -2.39. The Morgan fingerprint density at radius 1 is 1.24 bits per heavy atom. The maximum atomic E-state index is 12.9. The van der Waals surface area contributed by atoms with Crippen molar-refractivity contribution in [3.63, 3.8) is 0 Å². The van der Waals surface area contributed by atoms with E-state index in [1.54, 1.807) is 23.2 Å². The summed E-state index contributed by atoms with van der Waals surface area (Å²) in [6.45, 7) is 3.15. The molecule has 1 saturated heterocycles. The van der Waals surface area contributed by atoms with Gasteiger partial charge < -0.3 is 14.2 Å². The fraction of sp³-hybridized carbons (Fsp3) is 0.364. The molecule has 1 fully saturated rings. The minimum atomic E-state index is -0.211. The molecule has 1 atom stereocenters. The van der Waals surface area contributed by atoms with E-state index >= 15 is 0 Å². The first-order chi connectivity index (χ1) is 14.2. The first kappa shape index (κ1) is 19.1. The van der Waals surface area contributed by atoms with Crippen molar-refractivity contribution in [2.45, 2.75) is 38.6 Å². The fourth-order valence-electron chi connectivity index (χ4n) is 3.54. The van der Waals surface area contributed by atoms with Gasteiger partial charge in [0.2, 0.25) is 5.89 Å². The van der Waals surface area contributed by atoms with Gasteiger partial charge in [-0.05, 0) is 56.0 Å². The van der Waals surface area contributed by atoms with Crippen LogP contribution >= 0.6 is 0 Å². The van der Waals surface area contributed by atoms with Crippen molar-refractivity contribution in [3.05, 3.63) is 71.6 Å². The number of aromatic nitrogens is 3. The van der Waals surface area contributed by atoms with Crippen molar-refractivity contribution < 1.29 is 14.1 Å². The predicted molar refractivity (Wildman–Crippen MR) is 107 cm³/mol. The van der Waals surface area contributed by atoms with Crippen LogP contribution in [0, 0.1) is 6.92 Å². The summed E-state index contributed by atoms with van der Waals surface area (Å²) in [7, 11) is 0. The van der Waals surface area contributed by atoms with Gasteiger partial charge in [0, 0.05) is 19.2 Å². The second-order valence-electron chi connectivity index (χ2n) is 7.19. The summed E-state index contributed by atoms with van der Waals surface area (Å²) in [5, 5.41) is 4.09. The smallest absolute Gasteiger partial charge is 0.273 e. The number of benzene rings is 1.